The van der Waals surface area contributed by atoms with Gasteiger partial charge in [0.25, 0.3) is 17.7 Å². The van der Waals surface area contributed by atoms with Crippen LogP contribution < -0.4 is 4.72 Å². The van der Waals surface area contributed by atoms with Gasteiger partial charge in [-0.25, -0.2) is 22.2 Å². The van der Waals surface area contributed by atoms with E-state index in [4.69, 9.17) is 27.6 Å². The second kappa shape index (κ2) is 10.9. The molecule has 0 saturated carbocycles. The van der Waals surface area contributed by atoms with Crippen molar-refractivity contribution < 1.29 is 44.7 Å². The summed E-state index contributed by atoms with van der Waals surface area (Å²) in [6.45, 7) is 3.89. The van der Waals surface area contributed by atoms with E-state index < -0.39 is 73.6 Å². The number of carbonyl (C=O) groups is 1. The molecule has 0 spiro atoms. The lowest BCUT2D eigenvalue weighted by Gasteiger charge is -2.20. The largest absolute Gasteiger partial charge is 0.415 e. The fourth-order valence-corrected chi connectivity index (χ4v) is 7.16. The number of aliphatic hydroxyl groups is 1. The number of hydrogen-bond acceptors (Lipinski definition) is 9. The Balaban J connectivity index is 1.84. The zero-order valence-electron chi connectivity index (χ0n) is 22.1. The molecule has 1 aromatic carbocycles. The first kappa shape index (κ1) is 32.5. The molecule has 10 nitrogen and oxygen atoms in total. The van der Waals surface area contributed by atoms with Crippen molar-refractivity contribution in [1.29, 1.82) is 0 Å². The summed E-state index contributed by atoms with van der Waals surface area (Å²) in [5, 5.41) is 16.5. The van der Waals surface area contributed by atoms with E-state index in [1.165, 1.54) is 25.5 Å². The van der Waals surface area contributed by atoms with Gasteiger partial charge in [-0.1, -0.05) is 29.3 Å². The van der Waals surface area contributed by atoms with Gasteiger partial charge >= 0.3 is 6.18 Å². The predicted molar refractivity (Wildman–Crippen MR) is 142 cm³/mol. The Morgan fingerprint density at radius 3 is 2.40 bits per heavy atom. The Kier molecular flexibility index (Phi) is 8.45. The smallest absolute Gasteiger partial charge is 0.404 e. The molecule has 0 radical (unpaired) electrons. The fourth-order valence-electron chi connectivity index (χ4n) is 3.99. The van der Waals surface area contributed by atoms with Crippen LogP contribution in [0.4, 0.5) is 22.0 Å². The highest BCUT2D eigenvalue weighted by Crippen LogP contribution is 2.44. The lowest BCUT2D eigenvalue weighted by atomic mass is 10.1. The molecule has 1 aliphatic heterocycles. The molecule has 2 N–H and O–H groups in total. The van der Waals surface area contributed by atoms with Gasteiger partial charge in [-0.2, -0.15) is 17.9 Å². The zero-order valence-corrected chi connectivity index (χ0v) is 25.2. The number of hydrogen-bond donors (Lipinski definition) is 2. The first-order valence-electron chi connectivity index (χ1n) is 12.0. The van der Waals surface area contributed by atoms with Gasteiger partial charge in [-0.05, 0) is 33.8 Å². The van der Waals surface area contributed by atoms with Crippen LogP contribution in [-0.2, 0) is 15.6 Å². The van der Waals surface area contributed by atoms with Crippen LogP contribution >= 0.6 is 34.5 Å². The van der Waals surface area contributed by atoms with Crippen LogP contribution in [-0.4, -0.2) is 70.2 Å². The second-order valence-electron chi connectivity index (χ2n) is 10.1. The molecule has 0 aliphatic carbocycles. The van der Waals surface area contributed by atoms with Gasteiger partial charge in [0.2, 0.25) is 15.9 Å². The van der Waals surface area contributed by atoms with Crippen molar-refractivity contribution >= 4 is 50.5 Å². The highest BCUT2D eigenvalue weighted by atomic mass is 35.5. The Bertz CT molecular complexity index is 1640. The average Bonchev–Trinajstić information content (AvgIpc) is 3.55. The number of halogens is 7. The van der Waals surface area contributed by atoms with Gasteiger partial charge in [0.05, 0.1) is 21.5 Å². The summed E-state index contributed by atoms with van der Waals surface area (Å²) in [4.78, 5) is 17.9. The van der Waals surface area contributed by atoms with E-state index in [1.807, 2.05) is 0 Å². The van der Waals surface area contributed by atoms with Crippen LogP contribution in [0.15, 0.2) is 21.4 Å². The predicted octanol–water partition coefficient (Wildman–Crippen LogP) is 5.49. The lowest BCUT2D eigenvalue weighted by molar-refractivity contribution is -0.147. The molecule has 3 heterocycles. The molecule has 2 unspecified atom stereocenters. The number of sulfonamides is 1. The van der Waals surface area contributed by atoms with E-state index >= 15 is 0 Å². The first-order chi connectivity index (χ1) is 19.1. The van der Waals surface area contributed by atoms with Gasteiger partial charge in [-0.3, -0.25) is 4.79 Å². The number of aromatic nitrogens is 3. The van der Waals surface area contributed by atoms with Crippen molar-refractivity contribution in [3.8, 4) is 21.3 Å². The van der Waals surface area contributed by atoms with Crippen LogP contribution in [0.3, 0.4) is 0 Å². The number of nitrogens with one attached hydrogen (secondary N) is 1. The second-order valence-corrected chi connectivity index (χ2v) is 13.6. The molecule has 3 aromatic rings. The van der Waals surface area contributed by atoms with Crippen molar-refractivity contribution in [2.24, 2.45) is 0 Å². The monoisotopic (exact) mass is 677 g/mol. The number of carbonyl (C=O) groups excluding carboxylic acids is 1. The Morgan fingerprint density at radius 1 is 1.24 bits per heavy atom. The van der Waals surface area contributed by atoms with Crippen molar-refractivity contribution in [3.63, 3.8) is 0 Å². The van der Waals surface area contributed by atoms with E-state index in [9.17, 15) is 40.3 Å². The van der Waals surface area contributed by atoms with Crippen molar-refractivity contribution in [2.75, 3.05) is 6.54 Å². The van der Waals surface area contributed by atoms with E-state index in [-0.39, 0.29) is 32.9 Å². The van der Waals surface area contributed by atoms with Crippen LogP contribution in [0.25, 0.3) is 21.3 Å². The molecule has 1 saturated heterocycles. The number of alkyl halides is 5. The number of rotatable bonds is 7. The van der Waals surface area contributed by atoms with Crippen LogP contribution in [0.5, 0.6) is 0 Å². The summed E-state index contributed by atoms with van der Waals surface area (Å²) in [7, 11) is -4.82. The number of amides is 1. The normalized spacial score (nSPS) is 18.5. The molecule has 19 heteroatoms. The van der Waals surface area contributed by atoms with Gasteiger partial charge in [0.1, 0.15) is 22.2 Å². The summed E-state index contributed by atoms with van der Waals surface area (Å²) in [6, 6.07) is -1.35. The third-order valence-electron chi connectivity index (χ3n) is 6.15. The molecule has 1 aliphatic rings. The lowest BCUT2D eigenvalue weighted by Crippen LogP contribution is -2.43. The number of nitrogens with zero attached hydrogens (tertiary/aromatic N) is 4. The maximum Gasteiger partial charge on any atom is 0.404 e. The van der Waals surface area contributed by atoms with Gasteiger partial charge < -0.3 is 14.4 Å². The third-order valence-corrected chi connectivity index (χ3v) is 9.81. The van der Waals surface area contributed by atoms with Gasteiger partial charge in [0, 0.05) is 18.0 Å². The summed E-state index contributed by atoms with van der Waals surface area (Å²) in [5.74, 6) is -4.49. The van der Waals surface area contributed by atoms with Crippen LogP contribution in [0, 0.1) is 0 Å². The molecule has 230 valence electrons. The fraction of sp³-hybridized carbons (Fsp3) is 0.478. The van der Waals surface area contributed by atoms with E-state index in [2.05, 4.69) is 15.2 Å². The van der Waals surface area contributed by atoms with E-state index in [0.29, 0.717) is 6.92 Å². The maximum atomic E-state index is 14.1. The molecule has 4 rings (SSSR count). The molecule has 1 amide bonds. The summed E-state index contributed by atoms with van der Waals surface area (Å²) in [6.07, 6.45) is -5.48. The molecule has 0 bridgehead atoms. The molecule has 2 aromatic heterocycles. The van der Waals surface area contributed by atoms with Gasteiger partial charge in [0.15, 0.2) is 5.01 Å². The Labute approximate surface area is 249 Å². The summed E-state index contributed by atoms with van der Waals surface area (Å²) in [5.41, 5.74) is -1.98. The minimum Gasteiger partial charge on any atom is -0.415 e. The van der Waals surface area contributed by atoms with Crippen molar-refractivity contribution in [1.82, 2.24) is 24.8 Å². The average molecular weight is 678 g/mol. The standard InChI is InChI=1S/C23H22Cl2F5N5O5S2/c1-9-7-22(26,27)8-35(9)19(36)15-16(41-18(31-15)17-32-33-20(40-17)21(3,4)37)11-5-6-12(14(25)13(11)24)42(38,39)34-10(2)23(28,29)30/h5-6,9-10,34,37H,7-8H2,1-4H3. The van der Waals surface area contributed by atoms with E-state index in [1.54, 1.807) is 0 Å². The third kappa shape index (κ3) is 6.40. The highest BCUT2D eigenvalue weighted by molar-refractivity contribution is 7.89. The minimum atomic E-state index is -4.89. The molecular formula is C23H22Cl2F5N5O5S2. The van der Waals surface area contributed by atoms with Crippen molar-refractivity contribution in [3.05, 3.63) is 33.8 Å². The first-order valence-corrected chi connectivity index (χ1v) is 15.0. The molecular weight excluding hydrogens is 656 g/mol. The highest BCUT2D eigenvalue weighted by Gasteiger charge is 2.46. The molecule has 2 atom stereocenters. The van der Waals surface area contributed by atoms with Crippen LogP contribution in [0.1, 0.15) is 50.5 Å². The maximum absolute atomic E-state index is 14.1. The zero-order chi connectivity index (χ0) is 31.6. The van der Waals surface area contributed by atoms with Crippen molar-refractivity contribution in [2.45, 2.75) is 68.8 Å². The Hall–Kier alpha value is -2.44. The number of thiazole rings is 1. The molecule has 42 heavy (non-hydrogen) atoms. The summed E-state index contributed by atoms with van der Waals surface area (Å²) >= 11 is 13.4. The van der Waals surface area contributed by atoms with Crippen LogP contribution in [0.2, 0.25) is 10.0 Å². The minimum absolute atomic E-state index is 0.0482. The van der Waals surface area contributed by atoms with Gasteiger partial charge in [-0.15, -0.1) is 21.5 Å². The Morgan fingerprint density at radius 2 is 1.88 bits per heavy atom. The molecule has 1 fully saturated rings. The van der Waals surface area contributed by atoms with E-state index in [0.717, 1.165) is 28.4 Å². The topological polar surface area (TPSA) is 139 Å². The number of likely N-dealkylation sites (tertiary alicyclic amines) is 1. The summed E-state index contributed by atoms with van der Waals surface area (Å²) < 4.78 is 99.5. The quantitative estimate of drug-likeness (QED) is 0.313. The SMILES string of the molecule is CC1CC(F)(F)CN1C(=O)c1nc(-c2nnc(C(C)(C)O)o2)sc1-c1ccc(S(=O)(=O)NC(C)C(F)(F)F)c(Cl)c1Cl. The number of benzene rings is 1.